The lowest BCUT2D eigenvalue weighted by molar-refractivity contribution is -0.145. The third kappa shape index (κ3) is 3.66. The van der Waals surface area contributed by atoms with E-state index in [1.807, 2.05) is 55.6 Å². The average Bonchev–Trinajstić information content (AvgIpc) is 3.03. The molecule has 0 fully saturated rings. The molecule has 0 bridgehead atoms. The molecule has 1 aromatic heterocycles. The normalized spacial score (nSPS) is 12.2. The second-order valence-corrected chi connectivity index (χ2v) is 5.66. The molecule has 0 aliphatic rings. The number of benzene rings is 2. The average molecular weight is 322 g/mol. The smallest absolute Gasteiger partial charge is 0.327 e. The molecule has 0 amide bonds. The van der Waals surface area contributed by atoms with E-state index in [2.05, 4.69) is 22.4 Å². The van der Waals surface area contributed by atoms with Crippen LogP contribution in [0.15, 0.2) is 60.8 Å². The van der Waals surface area contributed by atoms with Gasteiger partial charge in [0.15, 0.2) is 0 Å². The van der Waals surface area contributed by atoms with Crippen LogP contribution in [0, 0.1) is 0 Å². The number of fused-ring (bicyclic) bond motifs is 1. The van der Waals surface area contributed by atoms with E-state index in [4.69, 9.17) is 4.74 Å². The summed E-state index contributed by atoms with van der Waals surface area (Å²) >= 11 is 0. The van der Waals surface area contributed by atoms with Crippen LogP contribution in [0.4, 0.5) is 0 Å². The maximum Gasteiger partial charge on any atom is 0.327 e. The Morgan fingerprint density at radius 1 is 1.12 bits per heavy atom. The molecule has 0 aliphatic heterocycles. The number of aromatic amines is 1. The van der Waals surface area contributed by atoms with Crippen molar-refractivity contribution in [1.29, 1.82) is 0 Å². The minimum absolute atomic E-state index is 0.234. The SMILES string of the molecule is CCOC(=O)C(NCCc1c[nH]c2ccccc12)c1ccccc1. The van der Waals surface area contributed by atoms with Gasteiger partial charge in [0.25, 0.3) is 0 Å². The topological polar surface area (TPSA) is 54.1 Å². The summed E-state index contributed by atoms with van der Waals surface area (Å²) in [4.78, 5) is 15.5. The zero-order chi connectivity index (χ0) is 16.8. The second-order valence-electron chi connectivity index (χ2n) is 5.66. The Morgan fingerprint density at radius 2 is 1.88 bits per heavy atom. The standard InChI is InChI=1S/C20H22N2O2/c1-2-24-20(23)19(15-8-4-3-5-9-15)21-13-12-16-14-22-18-11-7-6-10-17(16)18/h3-11,14,19,21-22H,2,12-13H2,1H3. The van der Waals surface area contributed by atoms with Gasteiger partial charge in [-0.3, -0.25) is 0 Å². The van der Waals surface area contributed by atoms with Crippen LogP contribution in [0.5, 0.6) is 0 Å². The summed E-state index contributed by atoms with van der Waals surface area (Å²) < 4.78 is 5.21. The van der Waals surface area contributed by atoms with Gasteiger partial charge in [0, 0.05) is 23.6 Å². The van der Waals surface area contributed by atoms with E-state index in [0.29, 0.717) is 13.2 Å². The molecule has 124 valence electrons. The van der Waals surface area contributed by atoms with E-state index in [9.17, 15) is 4.79 Å². The van der Waals surface area contributed by atoms with Crippen molar-refractivity contribution in [3.63, 3.8) is 0 Å². The molecular formula is C20H22N2O2. The Balaban J connectivity index is 1.68. The molecule has 4 nitrogen and oxygen atoms in total. The highest BCUT2D eigenvalue weighted by atomic mass is 16.5. The number of aromatic nitrogens is 1. The van der Waals surface area contributed by atoms with Gasteiger partial charge >= 0.3 is 5.97 Å². The Kier molecular flexibility index (Phi) is 5.29. The van der Waals surface area contributed by atoms with Crippen LogP contribution in [-0.2, 0) is 16.0 Å². The minimum atomic E-state index is -0.434. The number of esters is 1. The molecule has 0 radical (unpaired) electrons. The van der Waals surface area contributed by atoms with E-state index in [0.717, 1.165) is 17.5 Å². The first kappa shape index (κ1) is 16.3. The molecule has 0 spiro atoms. The van der Waals surface area contributed by atoms with E-state index in [1.54, 1.807) is 0 Å². The first-order valence-corrected chi connectivity index (χ1v) is 8.29. The van der Waals surface area contributed by atoms with Gasteiger partial charge in [-0.25, -0.2) is 4.79 Å². The summed E-state index contributed by atoms with van der Waals surface area (Å²) in [5.41, 5.74) is 3.31. The summed E-state index contributed by atoms with van der Waals surface area (Å²) in [6.45, 7) is 2.90. The fourth-order valence-corrected chi connectivity index (χ4v) is 2.90. The molecular weight excluding hydrogens is 300 g/mol. The fourth-order valence-electron chi connectivity index (χ4n) is 2.90. The van der Waals surface area contributed by atoms with E-state index in [1.165, 1.54) is 10.9 Å². The molecule has 4 heteroatoms. The number of carbonyl (C=O) groups is 1. The number of hydrogen-bond donors (Lipinski definition) is 2. The predicted octanol–water partition coefficient (Wildman–Crippen LogP) is 3.60. The van der Waals surface area contributed by atoms with Crippen molar-refractivity contribution < 1.29 is 9.53 Å². The van der Waals surface area contributed by atoms with Crippen molar-refractivity contribution in [1.82, 2.24) is 10.3 Å². The number of ether oxygens (including phenoxy) is 1. The maximum atomic E-state index is 12.3. The van der Waals surface area contributed by atoms with E-state index < -0.39 is 6.04 Å². The Labute approximate surface area is 141 Å². The highest BCUT2D eigenvalue weighted by molar-refractivity contribution is 5.83. The van der Waals surface area contributed by atoms with Crippen LogP contribution in [0.25, 0.3) is 10.9 Å². The van der Waals surface area contributed by atoms with Gasteiger partial charge in [-0.2, -0.15) is 0 Å². The fraction of sp³-hybridized carbons (Fsp3) is 0.250. The second kappa shape index (κ2) is 7.79. The molecule has 0 saturated heterocycles. The number of para-hydroxylation sites is 1. The summed E-state index contributed by atoms with van der Waals surface area (Å²) in [7, 11) is 0. The van der Waals surface area contributed by atoms with Crippen molar-refractivity contribution in [2.45, 2.75) is 19.4 Å². The van der Waals surface area contributed by atoms with Gasteiger partial charge in [-0.1, -0.05) is 48.5 Å². The lowest BCUT2D eigenvalue weighted by atomic mass is 10.1. The third-order valence-corrected chi connectivity index (χ3v) is 4.07. The van der Waals surface area contributed by atoms with E-state index in [-0.39, 0.29) is 5.97 Å². The number of hydrogen-bond acceptors (Lipinski definition) is 3. The predicted molar refractivity (Wildman–Crippen MR) is 95.8 cm³/mol. The Hall–Kier alpha value is -2.59. The third-order valence-electron chi connectivity index (χ3n) is 4.07. The van der Waals surface area contributed by atoms with Gasteiger partial charge in [-0.15, -0.1) is 0 Å². The number of rotatable bonds is 7. The van der Waals surface area contributed by atoms with Crippen LogP contribution < -0.4 is 5.32 Å². The lowest BCUT2D eigenvalue weighted by Gasteiger charge is -2.17. The first-order chi connectivity index (χ1) is 11.8. The highest BCUT2D eigenvalue weighted by Gasteiger charge is 2.21. The van der Waals surface area contributed by atoms with Gasteiger partial charge in [0.05, 0.1) is 6.61 Å². The minimum Gasteiger partial charge on any atom is -0.465 e. The van der Waals surface area contributed by atoms with Crippen molar-refractivity contribution in [3.05, 3.63) is 71.9 Å². The Morgan fingerprint density at radius 3 is 2.67 bits per heavy atom. The van der Waals surface area contributed by atoms with E-state index >= 15 is 0 Å². The van der Waals surface area contributed by atoms with Gasteiger partial charge in [0.2, 0.25) is 0 Å². The van der Waals surface area contributed by atoms with Crippen LogP contribution in [-0.4, -0.2) is 24.1 Å². The summed E-state index contributed by atoms with van der Waals surface area (Å²) in [5, 5.41) is 4.56. The molecule has 1 heterocycles. The molecule has 0 saturated carbocycles. The van der Waals surface area contributed by atoms with Gasteiger partial charge in [0.1, 0.15) is 6.04 Å². The van der Waals surface area contributed by atoms with Crippen LogP contribution >= 0.6 is 0 Å². The molecule has 1 unspecified atom stereocenters. The summed E-state index contributed by atoms with van der Waals surface area (Å²) in [6.07, 6.45) is 2.88. The number of nitrogens with one attached hydrogen (secondary N) is 2. The molecule has 2 aromatic carbocycles. The van der Waals surface area contributed by atoms with Gasteiger partial charge < -0.3 is 15.0 Å². The van der Waals surface area contributed by atoms with Gasteiger partial charge in [-0.05, 0) is 30.5 Å². The lowest BCUT2D eigenvalue weighted by Crippen LogP contribution is -2.31. The first-order valence-electron chi connectivity index (χ1n) is 8.29. The quantitative estimate of drug-likeness (QED) is 0.653. The van der Waals surface area contributed by atoms with Crippen molar-refractivity contribution >= 4 is 16.9 Å². The Bertz CT molecular complexity index is 796. The largest absolute Gasteiger partial charge is 0.465 e. The zero-order valence-corrected chi connectivity index (χ0v) is 13.8. The molecule has 3 aromatic rings. The van der Waals surface area contributed by atoms with Crippen molar-refractivity contribution in [3.8, 4) is 0 Å². The molecule has 1 atom stereocenters. The summed E-state index contributed by atoms with van der Waals surface area (Å²) in [6, 6.07) is 17.5. The van der Waals surface area contributed by atoms with Crippen LogP contribution in [0.2, 0.25) is 0 Å². The number of carbonyl (C=O) groups excluding carboxylic acids is 1. The van der Waals surface area contributed by atoms with Crippen molar-refractivity contribution in [2.24, 2.45) is 0 Å². The zero-order valence-electron chi connectivity index (χ0n) is 13.8. The van der Waals surface area contributed by atoms with Crippen LogP contribution in [0.1, 0.15) is 24.1 Å². The number of H-pyrrole nitrogens is 1. The molecule has 2 N–H and O–H groups in total. The molecule has 24 heavy (non-hydrogen) atoms. The van der Waals surface area contributed by atoms with Crippen molar-refractivity contribution in [2.75, 3.05) is 13.2 Å². The van der Waals surface area contributed by atoms with Crippen LogP contribution in [0.3, 0.4) is 0 Å². The molecule has 0 aliphatic carbocycles. The summed E-state index contributed by atoms with van der Waals surface area (Å²) in [5.74, 6) is -0.234. The monoisotopic (exact) mass is 322 g/mol. The maximum absolute atomic E-state index is 12.3. The molecule has 3 rings (SSSR count). The highest BCUT2D eigenvalue weighted by Crippen LogP contribution is 2.19.